The van der Waals surface area contributed by atoms with Crippen LogP contribution in [0.3, 0.4) is 0 Å². The van der Waals surface area contributed by atoms with Crippen LogP contribution < -0.4 is 0 Å². The van der Waals surface area contributed by atoms with Crippen LogP contribution in [-0.4, -0.2) is 53.2 Å². The molecule has 5 rings (SSSR count). The van der Waals surface area contributed by atoms with E-state index in [1.807, 2.05) is 45.9 Å². The van der Waals surface area contributed by atoms with Gasteiger partial charge in [0.05, 0.1) is 29.1 Å². The van der Waals surface area contributed by atoms with Crippen molar-refractivity contribution in [2.75, 3.05) is 0 Å². The van der Waals surface area contributed by atoms with Gasteiger partial charge in [0.2, 0.25) is 0 Å². The molecule has 3 aromatic heterocycles. The van der Waals surface area contributed by atoms with E-state index in [0.717, 1.165) is 44.3 Å². The predicted molar refractivity (Wildman–Crippen MR) is 169 cm³/mol. The standard InChI is InChI=1S/C34H36N4O6.Fe/c1-7-19-15(3)23-12-25-17(5)21(9-10-29(39)40)32(37-25)22(11-30(41)42)33-31(34(43)44)18(6)26(38-33)14-28-20(8-2)16(4)24(36-28)13-27(19)35-23;/h7,12-14,17,21,35-36H,1,8-11H2,2-6H3,(H,39,40)(H,41,42)(H,43,44);/t17-,21-;/m0./s1. The molecule has 0 saturated heterocycles. The van der Waals surface area contributed by atoms with E-state index in [-0.39, 0.29) is 52.7 Å². The fraction of sp³-hybridized carbons (Fsp3) is 0.324. The number of H-pyrrole nitrogens is 2. The molecule has 5 heterocycles. The first-order chi connectivity index (χ1) is 20.9. The Kier molecular flexibility index (Phi) is 9.56. The van der Waals surface area contributed by atoms with Crippen molar-refractivity contribution in [3.63, 3.8) is 0 Å². The summed E-state index contributed by atoms with van der Waals surface area (Å²) in [4.78, 5) is 53.2. The molecule has 11 heteroatoms. The van der Waals surface area contributed by atoms with Crippen LogP contribution in [0.4, 0.5) is 0 Å². The monoisotopic (exact) mass is 652 g/mol. The zero-order valence-corrected chi connectivity index (χ0v) is 26.9. The van der Waals surface area contributed by atoms with Gasteiger partial charge in [-0.1, -0.05) is 26.5 Å². The number of nitrogens with one attached hydrogen (secondary N) is 2. The first-order valence-corrected chi connectivity index (χ1v) is 14.6. The van der Waals surface area contributed by atoms with E-state index >= 15 is 0 Å². The Hall–Kier alpha value is -4.47. The molecule has 0 spiro atoms. The van der Waals surface area contributed by atoms with Crippen molar-refractivity contribution < 1.29 is 46.8 Å². The summed E-state index contributed by atoms with van der Waals surface area (Å²) in [5.74, 6) is -4.13. The molecule has 0 unspecified atom stereocenters. The third-order valence-corrected chi connectivity index (χ3v) is 8.94. The van der Waals surface area contributed by atoms with Gasteiger partial charge in [-0.15, -0.1) is 0 Å². The molecular weight excluding hydrogens is 616 g/mol. The summed E-state index contributed by atoms with van der Waals surface area (Å²) in [7, 11) is 0. The fourth-order valence-corrected chi connectivity index (χ4v) is 6.53. The van der Waals surface area contributed by atoms with Crippen molar-refractivity contribution >= 4 is 57.2 Å². The Balaban J connectivity index is 0.00000461. The summed E-state index contributed by atoms with van der Waals surface area (Å²) in [6, 6.07) is 5.75. The van der Waals surface area contributed by atoms with E-state index in [2.05, 4.69) is 16.5 Å². The predicted octanol–water partition coefficient (Wildman–Crippen LogP) is 6.53. The van der Waals surface area contributed by atoms with Crippen LogP contribution >= 0.6 is 0 Å². The number of carbonyl (C=O) groups is 3. The number of fused-ring (bicyclic) bond motifs is 8. The molecule has 45 heavy (non-hydrogen) atoms. The molecule has 0 aliphatic carbocycles. The topological polar surface area (TPSA) is 169 Å². The number of aromatic nitrogens is 4. The van der Waals surface area contributed by atoms with Gasteiger partial charge in [-0.3, -0.25) is 14.6 Å². The molecule has 2 atom stereocenters. The van der Waals surface area contributed by atoms with Gasteiger partial charge in [0, 0.05) is 74.2 Å². The van der Waals surface area contributed by atoms with Gasteiger partial charge in [-0.2, -0.15) is 0 Å². The molecule has 10 nitrogen and oxygen atoms in total. The summed E-state index contributed by atoms with van der Waals surface area (Å²) < 4.78 is 0. The molecule has 3 aromatic rings. The van der Waals surface area contributed by atoms with Gasteiger partial charge in [-0.05, 0) is 74.1 Å². The number of carboxylic acid groups (broad SMARTS) is 3. The Labute approximate surface area is 270 Å². The number of aromatic amines is 2. The normalized spacial score (nSPS) is 15.9. The van der Waals surface area contributed by atoms with Gasteiger partial charge in [0.1, 0.15) is 0 Å². The molecule has 236 valence electrons. The van der Waals surface area contributed by atoms with Crippen LogP contribution in [0.1, 0.15) is 96.0 Å². The van der Waals surface area contributed by atoms with Crippen LogP contribution in [0.15, 0.2) is 24.8 Å². The Morgan fingerprint density at radius 1 is 0.911 bits per heavy atom. The van der Waals surface area contributed by atoms with Gasteiger partial charge in [0.25, 0.3) is 0 Å². The number of allylic oxidation sites excluding steroid dienone is 1. The minimum atomic E-state index is -1.23. The molecule has 8 bridgehead atoms. The smallest absolute Gasteiger partial charge is 0.338 e. The Morgan fingerprint density at radius 2 is 1.58 bits per heavy atom. The van der Waals surface area contributed by atoms with E-state index in [0.29, 0.717) is 29.1 Å². The summed E-state index contributed by atoms with van der Waals surface area (Å²) in [5, 5.41) is 29.9. The molecule has 2 aliphatic rings. The summed E-state index contributed by atoms with van der Waals surface area (Å²) in [6.07, 6.45) is 2.03. The Morgan fingerprint density at radius 3 is 2.18 bits per heavy atom. The number of hydrogen-bond donors (Lipinski definition) is 5. The quantitative estimate of drug-likeness (QED) is 0.171. The zero-order chi connectivity index (χ0) is 32.0. The minimum absolute atomic E-state index is 0. The molecule has 2 aliphatic heterocycles. The molecule has 5 N–H and O–H groups in total. The van der Waals surface area contributed by atoms with Gasteiger partial charge < -0.3 is 25.3 Å². The van der Waals surface area contributed by atoms with E-state index in [9.17, 15) is 29.7 Å². The number of carboxylic acids is 3. The van der Waals surface area contributed by atoms with Crippen LogP contribution in [0.2, 0.25) is 0 Å². The summed E-state index contributed by atoms with van der Waals surface area (Å²) >= 11 is 0. The van der Waals surface area contributed by atoms with Gasteiger partial charge in [0.15, 0.2) is 0 Å². The zero-order valence-electron chi connectivity index (χ0n) is 25.8. The van der Waals surface area contributed by atoms with Crippen molar-refractivity contribution in [2.45, 2.75) is 72.1 Å². The third-order valence-electron chi connectivity index (χ3n) is 8.94. The molecule has 0 radical (unpaired) electrons. The van der Waals surface area contributed by atoms with Crippen LogP contribution in [0.25, 0.3) is 39.3 Å². The first-order valence-electron chi connectivity index (χ1n) is 14.6. The third kappa shape index (κ3) is 5.98. The van der Waals surface area contributed by atoms with Gasteiger partial charge in [-0.25, -0.2) is 9.78 Å². The van der Waals surface area contributed by atoms with E-state index < -0.39 is 30.2 Å². The van der Waals surface area contributed by atoms with Crippen molar-refractivity contribution in [2.24, 2.45) is 0 Å². The maximum Gasteiger partial charge on any atom is 0.338 e. The molecular formula is C34H36FeN4O6. The number of aryl methyl sites for hydroxylation is 3. The van der Waals surface area contributed by atoms with E-state index in [1.165, 1.54) is 0 Å². The first kappa shape index (κ1) is 33.4. The van der Waals surface area contributed by atoms with Crippen LogP contribution in [0, 0.1) is 13.8 Å². The average Bonchev–Trinajstić information content (AvgIpc) is 3.63. The van der Waals surface area contributed by atoms with E-state index in [4.69, 9.17) is 9.97 Å². The minimum Gasteiger partial charge on any atom is -0.481 e. The van der Waals surface area contributed by atoms with E-state index in [1.54, 1.807) is 13.0 Å². The van der Waals surface area contributed by atoms with Crippen molar-refractivity contribution in [3.05, 3.63) is 75.4 Å². The molecule has 0 saturated carbocycles. The second-order valence-corrected chi connectivity index (χ2v) is 11.5. The summed E-state index contributed by atoms with van der Waals surface area (Å²) in [5.41, 5.74) is 9.23. The average molecular weight is 653 g/mol. The largest absolute Gasteiger partial charge is 0.481 e. The SMILES string of the molecule is C=Cc1c(C)c2cc3nc(c(CC(=O)O)c4nc(cc5[nH]c(cc1[nH]2)c(C)c5CC)C(C)=C4C(=O)O)[C@@H](CCC(=O)O)[C@@H]3C.[Fe]. The number of hydrogen-bond acceptors (Lipinski definition) is 5. The maximum atomic E-state index is 12.7. The number of rotatable bonds is 8. The van der Waals surface area contributed by atoms with Crippen LogP contribution in [0.5, 0.6) is 0 Å². The second kappa shape index (κ2) is 12.9. The van der Waals surface area contributed by atoms with Crippen molar-refractivity contribution in [1.82, 2.24) is 19.9 Å². The maximum absolute atomic E-state index is 12.7. The van der Waals surface area contributed by atoms with Crippen molar-refractivity contribution in [3.8, 4) is 0 Å². The fourth-order valence-electron chi connectivity index (χ4n) is 6.53. The van der Waals surface area contributed by atoms with Crippen LogP contribution in [-0.2, 0) is 44.3 Å². The molecule has 0 aromatic carbocycles. The number of aliphatic carboxylic acids is 3. The summed E-state index contributed by atoms with van der Waals surface area (Å²) in [6.45, 7) is 13.7. The van der Waals surface area contributed by atoms with Crippen molar-refractivity contribution in [1.29, 1.82) is 0 Å². The second-order valence-electron chi connectivity index (χ2n) is 11.5. The van der Waals surface area contributed by atoms with Gasteiger partial charge >= 0.3 is 17.9 Å². The molecule has 0 fully saturated rings. The Bertz CT molecular complexity index is 1950. The number of nitrogens with zero attached hydrogens (tertiary/aromatic N) is 2. The molecule has 0 amide bonds.